The van der Waals surface area contributed by atoms with Crippen molar-refractivity contribution in [3.8, 4) is 0 Å². The number of amides is 2. The number of nitrogens with zero attached hydrogens (tertiary/aromatic N) is 2. The molecule has 1 saturated heterocycles. The van der Waals surface area contributed by atoms with Gasteiger partial charge in [0.2, 0.25) is 11.8 Å². The third-order valence-electron chi connectivity index (χ3n) is 3.27. The first-order valence-electron chi connectivity index (χ1n) is 6.69. The van der Waals surface area contributed by atoms with Crippen molar-refractivity contribution < 1.29 is 23.9 Å². The molecule has 0 aliphatic carbocycles. The second-order valence-electron chi connectivity index (χ2n) is 4.60. The van der Waals surface area contributed by atoms with Crippen molar-refractivity contribution >= 4 is 17.8 Å². The zero-order valence-electron chi connectivity index (χ0n) is 12.1. The highest BCUT2D eigenvalue weighted by Gasteiger charge is 2.28. The summed E-state index contributed by atoms with van der Waals surface area (Å²) in [6.07, 6.45) is 0.889. The lowest BCUT2D eigenvalue weighted by Gasteiger charge is -2.24. The second kappa shape index (κ2) is 8.65. The van der Waals surface area contributed by atoms with E-state index in [1.54, 1.807) is 7.11 Å². The fourth-order valence-corrected chi connectivity index (χ4v) is 2.02. The maximum atomic E-state index is 11.5. The Morgan fingerprint density at radius 1 is 1.15 bits per heavy atom. The Kier molecular flexibility index (Phi) is 7.17. The topological polar surface area (TPSA) is 76.2 Å². The van der Waals surface area contributed by atoms with Crippen LogP contribution in [0.3, 0.4) is 0 Å². The number of esters is 1. The predicted molar refractivity (Wildman–Crippen MR) is 70.9 cm³/mol. The average molecular weight is 286 g/mol. The molecule has 1 rings (SSSR count). The molecule has 1 fully saturated rings. The van der Waals surface area contributed by atoms with Crippen LogP contribution in [0.4, 0.5) is 0 Å². The van der Waals surface area contributed by atoms with Gasteiger partial charge in [-0.2, -0.15) is 0 Å². The Morgan fingerprint density at radius 2 is 1.80 bits per heavy atom. The molecule has 0 aromatic carbocycles. The Balaban J connectivity index is 2.40. The van der Waals surface area contributed by atoms with Crippen LogP contribution >= 0.6 is 0 Å². The minimum Gasteiger partial charge on any atom is -0.469 e. The van der Waals surface area contributed by atoms with Crippen molar-refractivity contribution in [2.45, 2.75) is 19.3 Å². The van der Waals surface area contributed by atoms with Crippen LogP contribution in [0.15, 0.2) is 0 Å². The first-order valence-corrected chi connectivity index (χ1v) is 6.69. The van der Waals surface area contributed by atoms with Gasteiger partial charge in [0.1, 0.15) is 0 Å². The van der Waals surface area contributed by atoms with E-state index >= 15 is 0 Å². The van der Waals surface area contributed by atoms with E-state index in [2.05, 4.69) is 4.74 Å². The van der Waals surface area contributed by atoms with Gasteiger partial charge in [-0.25, -0.2) is 0 Å². The Hall–Kier alpha value is -1.47. The molecule has 0 unspecified atom stereocenters. The monoisotopic (exact) mass is 286 g/mol. The van der Waals surface area contributed by atoms with Gasteiger partial charge in [0.05, 0.1) is 20.1 Å². The summed E-state index contributed by atoms with van der Waals surface area (Å²) in [6.45, 7) is 2.60. The van der Waals surface area contributed by atoms with E-state index in [-0.39, 0.29) is 24.2 Å². The summed E-state index contributed by atoms with van der Waals surface area (Å²) < 4.78 is 9.62. The van der Waals surface area contributed by atoms with E-state index in [4.69, 9.17) is 4.74 Å². The number of rotatable bonds is 9. The van der Waals surface area contributed by atoms with Gasteiger partial charge >= 0.3 is 5.97 Å². The van der Waals surface area contributed by atoms with E-state index in [9.17, 15) is 14.4 Å². The summed E-state index contributed by atoms with van der Waals surface area (Å²) in [5, 5.41) is 0. The molecule has 1 aliphatic rings. The van der Waals surface area contributed by atoms with Crippen molar-refractivity contribution in [3.63, 3.8) is 0 Å². The van der Waals surface area contributed by atoms with Crippen molar-refractivity contribution in [2.75, 3.05) is 47.0 Å². The van der Waals surface area contributed by atoms with Crippen molar-refractivity contribution in [1.82, 2.24) is 9.80 Å². The molecule has 0 aromatic rings. The molecule has 20 heavy (non-hydrogen) atoms. The standard InChI is InChI=1S/C13H22N2O5/c1-19-10-9-14(6-5-13(18)20-2)7-8-15-11(16)3-4-12(15)17/h3-10H2,1-2H3. The van der Waals surface area contributed by atoms with Gasteiger partial charge in [0, 0.05) is 46.1 Å². The van der Waals surface area contributed by atoms with Crippen LogP contribution in [-0.4, -0.2) is 74.6 Å². The molecule has 7 nitrogen and oxygen atoms in total. The third kappa shape index (κ3) is 5.26. The fraction of sp³-hybridized carbons (Fsp3) is 0.769. The molecular weight excluding hydrogens is 264 g/mol. The van der Waals surface area contributed by atoms with Gasteiger partial charge in [-0.15, -0.1) is 0 Å². The smallest absolute Gasteiger partial charge is 0.306 e. The quantitative estimate of drug-likeness (QED) is 0.426. The zero-order chi connectivity index (χ0) is 15.0. The maximum absolute atomic E-state index is 11.5. The summed E-state index contributed by atoms with van der Waals surface area (Å²) in [6, 6.07) is 0. The Bertz CT molecular complexity index is 343. The molecule has 114 valence electrons. The van der Waals surface area contributed by atoms with E-state index in [1.807, 2.05) is 4.90 Å². The number of carbonyl (C=O) groups excluding carboxylic acids is 3. The van der Waals surface area contributed by atoms with Gasteiger partial charge < -0.3 is 9.47 Å². The fourth-order valence-electron chi connectivity index (χ4n) is 2.02. The van der Waals surface area contributed by atoms with Crippen LogP contribution in [0.25, 0.3) is 0 Å². The maximum Gasteiger partial charge on any atom is 0.306 e. The number of ether oxygens (including phenoxy) is 2. The Morgan fingerprint density at radius 3 is 2.35 bits per heavy atom. The molecule has 1 heterocycles. The molecular formula is C13H22N2O5. The van der Waals surface area contributed by atoms with Crippen molar-refractivity contribution in [1.29, 1.82) is 0 Å². The van der Waals surface area contributed by atoms with Crippen LogP contribution in [-0.2, 0) is 23.9 Å². The summed E-state index contributed by atoms with van der Waals surface area (Å²) in [5.41, 5.74) is 0. The molecule has 0 atom stereocenters. The number of carbonyl (C=O) groups is 3. The predicted octanol–water partition coefficient (Wildman–Crippen LogP) is -0.353. The number of hydrogen-bond acceptors (Lipinski definition) is 6. The van der Waals surface area contributed by atoms with E-state index in [0.29, 0.717) is 45.6 Å². The van der Waals surface area contributed by atoms with Gasteiger partial charge in [-0.05, 0) is 0 Å². The van der Waals surface area contributed by atoms with Gasteiger partial charge in [0.15, 0.2) is 0 Å². The molecule has 7 heteroatoms. The summed E-state index contributed by atoms with van der Waals surface area (Å²) >= 11 is 0. The normalized spacial score (nSPS) is 15.2. The van der Waals surface area contributed by atoms with Gasteiger partial charge in [-0.1, -0.05) is 0 Å². The molecule has 0 bridgehead atoms. The summed E-state index contributed by atoms with van der Waals surface area (Å²) in [5.74, 6) is -0.509. The number of imide groups is 1. The summed E-state index contributed by atoms with van der Waals surface area (Å²) in [7, 11) is 2.95. The zero-order valence-corrected chi connectivity index (χ0v) is 12.1. The second-order valence-corrected chi connectivity index (χ2v) is 4.60. The van der Waals surface area contributed by atoms with E-state index < -0.39 is 0 Å². The molecule has 2 amide bonds. The average Bonchev–Trinajstić information content (AvgIpc) is 2.77. The SMILES string of the molecule is COCCN(CCC(=O)OC)CCN1C(=O)CCC1=O. The molecule has 0 radical (unpaired) electrons. The highest BCUT2D eigenvalue weighted by atomic mass is 16.5. The van der Waals surface area contributed by atoms with Crippen LogP contribution in [0.1, 0.15) is 19.3 Å². The van der Waals surface area contributed by atoms with E-state index in [1.165, 1.54) is 12.0 Å². The lowest BCUT2D eigenvalue weighted by Crippen LogP contribution is -2.40. The van der Waals surface area contributed by atoms with Gasteiger partial charge in [-0.3, -0.25) is 24.2 Å². The van der Waals surface area contributed by atoms with Crippen LogP contribution in [0, 0.1) is 0 Å². The number of methoxy groups -OCH3 is 2. The highest BCUT2D eigenvalue weighted by molar-refractivity contribution is 6.01. The minimum atomic E-state index is -0.277. The van der Waals surface area contributed by atoms with Gasteiger partial charge in [0.25, 0.3) is 0 Å². The van der Waals surface area contributed by atoms with Crippen LogP contribution in [0.2, 0.25) is 0 Å². The lowest BCUT2D eigenvalue weighted by molar-refractivity contribution is -0.142. The third-order valence-corrected chi connectivity index (χ3v) is 3.27. The summed E-state index contributed by atoms with van der Waals surface area (Å²) in [4.78, 5) is 37.5. The Labute approximate surface area is 118 Å². The lowest BCUT2D eigenvalue weighted by atomic mass is 10.3. The molecule has 0 N–H and O–H groups in total. The van der Waals surface area contributed by atoms with Crippen LogP contribution < -0.4 is 0 Å². The first kappa shape index (κ1) is 16.6. The molecule has 0 aromatic heterocycles. The van der Waals surface area contributed by atoms with Crippen LogP contribution in [0.5, 0.6) is 0 Å². The van der Waals surface area contributed by atoms with Crippen molar-refractivity contribution in [2.24, 2.45) is 0 Å². The molecule has 0 spiro atoms. The first-order chi connectivity index (χ1) is 9.58. The van der Waals surface area contributed by atoms with E-state index in [0.717, 1.165) is 0 Å². The minimum absolute atomic E-state index is 0.116. The number of likely N-dealkylation sites (tertiary alicyclic amines) is 1. The molecule has 1 aliphatic heterocycles. The molecule has 0 saturated carbocycles. The highest BCUT2D eigenvalue weighted by Crippen LogP contribution is 2.11. The number of hydrogen-bond donors (Lipinski definition) is 0. The van der Waals surface area contributed by atoms with Crippen molar-refractivity contribution in [3.05, 3.63) is 0 Å². The largest absolute Gasteiger partial charge is 0.469 e.